The lowest BCUT2D eigenvalue weighted by Gasteiger charge is -1.86. The lowest BCUT2D eigenvalue weighted by Crippen LogP contribution is -1.84. The number of aliphatic carboxylic acids is 1. The van der Waals surface area contributed by atoms with Crippen molar-refractivity contribution < 1.29 is 14.6 Å². The first-order chi connectivity index (χ1) is 6.68. The predicted octanol–water partition coefficient (Wildman–Crippen LogP) is 2.90. The highest BCUT2D eigenvalue weighted by Gasteiger charge is 1.73. The van der Waals surface area contributed by atoms with Crippen LogP contribution in [0.25, 0.3) is 0 Å². The Kier molecular flexibility index (Phi) is 67.8. The van der Waals surface area contributed by atoms with Crippen LogP contribution < -0.4 is 0 Å². The molecule has 0 heterocycles. The third kappa shape index (κ3) is 141. The molecule has 84 valence electrons. The molecular weight excluding hydrogens is 180 g/mol. The Hall–Kier alpha value is -1.35. The second-order valence-electron chi connectivity index (χ2n) is 1.32. The normalized spacial score (nSPS) is 5.86. The largest absolute Gasteiger partial charge is 0.478 e. The Morgan fingerprint density at radius 2 is 1.43 bits per heavy atom. The van der Waals surface area contributed by atoms with Gasteiger partial charge < -0.3 is 9.84 Å². The lowest BCUT2D eigenvalue weighted by molar-refractivity contribution is -0.131. The molecule has 0 aromatic heterocycles. The average Bonchev–Trinajstić information content (AvgIpc) is 2.26. The van der Waals surface area contributed by atoms with Crippen molar-refractivity contribution in [3.05, 3.63) is 39.0 Å². The second kappa shape index (κ2) is 41.4. The fraction of sp³-hybridized carbons (Fsp3) is 0.364. The van der Waals surface area contributed by atoms with Gasteiger partial charge in [-0.25, -0.2) is 4.79 Å². The van der Waals surface area contributed by atoms with Crippen molar-refractivity contribution in [3.8, 4) is 0 Å². The summed E-state index contributed by atoms with van der Waals surface area (Å²) in [5.74, 6) is -0.981. The van der Waals surface area contributed by atoms with Gasteiger partial charge in [0.05, 0.1) is 0 Å². The van der Waals surface area contributed by atoms with E-state index in [9.17, 15) is 4.79 Å². The summed E-state index contributed by atoms with van der Waals surface area (Å²) in [6.07, 6.45) is 0.833. The summed E-state index contributed by atoms with van der Waals surface area (Å²) in [4.78, 5) is 9.25. The van der Waals surface area contributed by atoms with Crippen LogP contribution in [0, 0.1) is 0 Å². The van der Waals surface area contributed by atoms with E-state index in [0.717, 1.165) is 19.3 Å². The van der Waals surface area contributed by atoms with E-state index in [0.29, 0.717) is 0 Å². The zero-order chi connectivity index (χ0) is 12.4. The summed E-state index contributed by atoms with van der Waals surface area (Å²) in [6.45, 7) is 20.6. The summed E-state index contributed by atoms with van der Waals surface area (Å²) in [5, 5.41) is 7.60. The molecule has 0 unspecified atom stereocenters. The van der Waals surface area contributed by atoms with Crippen molar-refractivity contribution in [2.75, 3.05) is 13.2 Å². The summed E-state index contributed by atoms with van der Waals surface area (Å²) >= 11 is 0. The van der Waals surface area contributed by atoms with Crippen LogP contribution in [0.5, 0.6) is 0 Å². The Balaban J connectivity index is -0.0000000528. The van der Waals surface area contributed by atoms with Gasteiger partial charge in [0.2, 0.25) is 0 Å². The standard InChI is InChI=1S/C4H10O.C3H4O2.2C2H4/c1-3-5-4-2;1-2-3(4)5;2*1-2/h3-4H2,1-2H3;2H,1H2,(H,4,5);2*1-2H2. The second-order valence-corrected chi connectivity index (χ2v) is 1.32. The van der Waals surface area contributed by atoms with Crippen LogP contribution in [0.4, 0.5) is 0 Å². The van der Waals surface area contributed by atoms with Gasteiger partial charge in [0.1, 0.15) is 0 Å². The molecule has 0 atom stereocenters. The molecule has 3 nitrogen and oxygen atoms in total. The van der Waals surface area contributed by atoms with Crippen LogP contribution in [0.2, 0.25) is 0 Å². The van der Waals surface area contributed by atoms with E-state index in [1.54, 1.807) is 0 Å². The van der Waals surface area contributed by atoms with E-state index < -0.39 is 5.97 Å². The maximum atomic E-state index is 9.25. The van der Waals surface area contributed by atoms with Crippen LogP contribution >= 0.6 is 0 Å². The smallest absolute Gasteiger partial charge is 0.327 e. The monoisotopic (exact) mass is 202 g/mol. The van der Waals surface area contributed by atoms with Crippen molar-refractivity contribution in [1.82, 2.24) is 0 Å². The first-order valence-corrected chi connectivity index (χ1v) is 4.12. The van der Waals surface area contributed by atoms with Gasteiger partial charge in [-0.3, -0.25) is 0 Å². The fourth-order valence-corrected chi connectivity index (χ4v) is 0.204. The van der Waals surface area contributed by atoms with Gasteiger partial charge in [0, 0.05) is 19.3 Å². The van der Waals surface area contributed by atoms with E-state index in [-0.39, 0.29) is 0 Å². The number of carboxylic acids is 1. The van der Waals surface area contributed by atoms with Gasteiger partial charge in [-0.2, -0.15) is 0 Å². The highest BCUT2D eigenvalue weighted by Crippen LogP contribution is 1.64. The Morgan fingerprint density at radius 3 is 1.43 bits per heavy atom. The quantitative estimate of drug-likeness (QED) is 0.565. The number of rotatable bonds is 3. The van der Waals surface area contributed by atoms with Crippen molar-refractivity contribution in [2.45, 2.75) is 13.8 Å². The topological polar surface area (TPSA) is 46.5 Å². The fourth-order valence-electron chi connectivity index (χ4n) is 0.204. The molecule has 3 heteroatoms. The van der Waals surface area contributed by atoms with Gasteiger partial charge in [0.15, 0.2) is 0 Å². The third-order valence-corrected chi connectivity index (χ3v) is 0.583. The zero-order valence-electron chi connectivity index (χ0n) is 9.29. The summed E-state index contributed by atoms with van der Waals surface area (Å²) < 4.78 is 4.83. The molecular formula is C11H22O3. The van der Waals surface area contributed by atoms with Crippen molar-refractivity contribution in [2.24, 2.45) is 0 Å². The summed E-state index contributed by atoms with van der Waals surface area (Å²) in [7, 11) is 0. The van der Waals surface area contributed by atoms with E-state index >= 15 is 0 Å². The maximum Gasteiger partial charge on any atom is 0.327 e. The number of carboxylic acid groups (broad SMARTS) is 1. The molecule has 14 heavy (non-hydrogen) atoms. The van der Waals surface area contributed by atoms with Gasteiger partial charge in [-0.05, 0) is 13.8 Å². The lowest BCUT2D eigenvalue weighted by atomic mass is 10.7. The minimum Gasteiger partial charge on any atom is -0.478 e. The molecule has 0 saturated carbocycles. The molecule has 0 radical (unpaired) electrons. The molecule has 0 aliphatic carbocycles. The Morgan fingerprint density at radius 1 is 1.21 bits per heavy atom. The molecule has 0 bridgehead atoms. The van der Waals surface area contributed by atoms with Crippen molar-refractivity contribution in [1.29, 1.82) is 0 Å². The molecule has 0 aromatic rings. The van der Waals surface area contributed by atoms with E-state index in [4.69, 9.17) is 9.84 Å². The third-order valence-electron chi connectivity index (χ3n) is 0.583. The highest BCUT2D eigenvalue weighted by molar-refractivity contribution is 5.78. The van der Waals surface area contributed by atoms with Crippen LogP contribution in [0.15, 0.2) is 39.0 Å². The first-order valence-electron chi connectivity index (χ1n) is 4.12. The predicted molar refractivity (Wildman–Crippen MR) is 62.5 cm³/mol. The highest BCUT2D eigenvalue weighted by atomic mass is 16.5. The van der Waals surface area contributed by atoms with E-state index in [1.807, 2.05) is 13.8 Å². The molecule has 1 N–H and O–H groups in total. The Labute approximate surface area is 87.4 Å². The average molecular weight is 202 g/mol. The SMILES string of the molecule is C=C.C=C.C=CC(=O)O.CCOCC. The molecule has 0 aliphatic heterocycles. The minimum absolute atomic E-state index is 0.833. The number of hydrogen-bond acceptors (Lipinski definition) is 2. The first kappa shape index (κ1) is 22.9. The van der Waals surface area contributed by atoms with Crippen LogP contribution in [0.1, 0.15) is 13.8 Å². The van der Waals surface area contributed by atoms with Crippen molar-refractivity contribution in [3.63, 3.8) is 0 Å². The van der Waals surface area contributed by atoms with E-state index in [2.05, 4.69) is 32.9 Å². The molecule has 0 fully saturated rings. The summed E-state index contributed by atoms with van der Waals surface area (Å²) in [5.41, 5.74) is 0. The zero-order valence-corrected chi connectivity index (χ0v) is 9.29. The van der Waals surface area contributed by atoms with Gasteiger partial charge in [0.25, 0.3) is 0 Å². The van der Waals surface area contributed by atoms with Gasteiger partial charge in [-0.1, -0.05) is 6.58 Å². The van der Waals surface area contributed by atoms with Gasteiger partial charge in [-0.15, -0.1) is 26.3 Å². The molecule has 0 rings (SSSR count). The summed E-state index contributed by atoms with van der Waals surface area (Å²) in [6, 6.07) is 0. The molecule has 0 aromatic carbocycles. The molecule has 0 aliphatic rings. The van der Waals surface area contributed by atoms with Crippen molar-refractivity contribution >= 4 is 5.97 Å². The van der Waals surface area contributed by atoms with Crippen LogP contribution in [0.3, 0.4) is 0 Å². The maximum absolute atomic E-state index is 9.25. The number of ether oxygens (including phenoxy) is 1. The molecule has 0 spiro atoms. The molecule has 0 saturated heterocycles. The number of hydrogen-bond donors (Lipinski definition) is 1. The Bertz CT molecular complexity index is 107. The van der Waals surface area contributed by atoms with Gasteiger partial charge >= 0.3 is 5.97 Å². The van der Waals surface area contributed by atoms with Crippen LogP contribution in [-0.2, 0) is 9.53 Å². The number of carbonyl (C=O) groups is 1. The van der Waals surface area contributed by atoms with Crippen LogP contribution in [-0.4, -0.2) is 24.3 Å². The van der Waals surface area contributed by atoms with E-state index in [1.165, 1.54) is 0 Å². The molecule has 0 amide bonds. The minimum atomic E-state index is -0.981.